The van der Waals surface area contributed by atoms with Crippen LogP contribution in [0.15, 0.2) is 15.9 Å². The zero-order valence-electron chi connectivity index (χ0n) is 9.92. The molecule has 1 N–H and O–H groups in total. The highest BCUT2D eigenvalue weighted by Gasteiger charge is 2.23. The minimum atomic E-state index is -0.0843. The fourth-order valence-electron chi connectivity index (χ4n) is 1.34. The molecule has 92 valence electrons. The van der Waals surface area contributed by atoms with E-state index in [1.165, 1.54) is 4.88 Å². The van der Waals surface area contributed by atoms with Crippen molar-refractivity contribution in [3.8, 4) is 6.07 Å². The molecule has 5 heteroatoms. The van der Waals surface area contributed by atoms with E-state index in [0.29, 0.717) is 6.54 Å². The number of carbonyl (C=O) groups excluding carboxylic acids is 1. The molecule has 17 heavy (non-hydrogen) atoms. The van der Waals surface area contributed by atoms with Gasteiger partial charge in [0.05, 0.1) is 9.86 Å². The summed E-state index contributed by atoms with van der Waals surface area (Å²) in [7, 11) is 0. The molecular formula is C12H15BrN2OS. The summed E-state index contributed by atoms with van der Waals surface area (Å²) in [6.45, 7) is 4.77. The number of hydrogen-bond acceptors (Lipinski definition) is 3. The highest BCUT2D eigenvalue weighted by molar-refractivity contribution is 9.11. The van der Waals surface area contributed by atoms with Gasteiger partial charge >= 0.3 is 0 Å². The Morgan fingerprint density at radius 1 is 1.59 bits per heavy atom. The first-order chi connectivity index (χ1) is 7.95. The van der Waals surface area contributed by atoms with E-state index >= 15 is 0 Å². The van der Waals surface area contributed by atoms with Gasteiger partial charge in [-0.1, -0.05) is 13.8 Å². The molecule has 0 aliphatic rings. The Balaban J connectivity index is 2.50. The number of rotatable bonds is 5. The molecule has 1 aromatic heterocycles. The van der Waals surface area contributed by atoms with Gasteiger partial charge in [-0.3, -0.25) is 4.79 Å². The second-order valence-corrected chi connectivity index (χ2v) is 6.89. The molecule has 0 aromatic carbocycles. The number of nitriles is 1. The Morgan fingerprint density at radius 3 is 2.82 bits per heavy atom. The molecule has 0 saturated heterocycles. The molecule has 0 radical (unpaired) electrons. The number of thiophene rings is 1. The molecule has 3 nitrogen and oxygen atoms in total. The second-order valence-electron chi connectivity index (χ2n) is 4.42. The van der Waals surface area contributed by atoms with E-state index in [2.05, 4.69) is 41.2 Å². The van der Waals surface area contributed by atoms with Crippen molar-refractivity contribution < 1.29 is 4.79 Å². The van der Waals surface area contributed by atoms with Gasteiger partial charge in [0.25, 0.3) is 0 Å². The van der Waals surface area contributed by atoms with Gasteiger partial charge in [-0.15, -0.1) is 11.3 Å². The Kier molecular flexibility index (Phi) is 5.16. The zero-order valence-corrected chi connectivity index (χ0v) is 12.3. The van der Waals surface area contributed by atoms with Gasteiger partial charge in [0.15, 0.2) is 0 Å². The van der Waals surface area contributed by atoms with Crippen molar-refractivity contribution in [2.75, 3.05) is 6.54 Å². The van der Waals surface area contributed by atoms with E-state index in [1.807, 2.05) is 12.1 Å². The molecular weight excluding hydrogens is 300 g/mol. The van der Waals surface area contributed by atoms with E-state index < -0.39 is 0 Å². The quantitative estimate of drug-likeness (QED) is 0.907. The molecule has 0 saturated carbocycles. The van der Waals surface area contributed by atoms with Crippen molar-refractivity contribution in [1.29, 1.82) is 5.26 Å². The lowest BCUT2D eigenvalue weighted by molar-refractivity contribution is -0.121. The van der Waals surface area contributed by atoms with Gasteiger partial charge < -0.3 is 5.32 Å². The van der Waals surface area contributed by atoms with Gasteiger partial charge in [-0.05, 0) is 28.1 Å². The number of halogens is 1. The van der Waals surface area contributed by atoms with Crippen LogP contribution in [0.1, 0.15) is 31.6 Å². The molecule has 1 rings (SSSR count). The number of nitrogens with one attached hydrogen (secondary N) is 1. The van der Waals surface area contributed by atoms with Gasteiger partial charge in [0, 0.05) is 29.7 Å². The molecule has 0 unspecified atom stereocenters. The fourth-order valence-corrected chi connectivity index (χ4v) is 2.83. The number of carbonyl (C=O) groups is 1. The van der Waals surface area contributed by atoms with Crippen molar-refractivity contribution in [3.05, 3.63) is 20.8 Å². The van der Waals surface area contributed by atoms with Gasteiger partial charge in [0.1, 0.15) is 0 Å². The monoisotopic (exact) mass is 314 g/mol. The summed E-state index contributed by atoms with van der Waals surface area (Å²) in [6.07, 6.45) is 0.553. The summed E-state index contributed by atoms with van der Waals surface area (Å²) in [5.41, 5.74) is -0.0843. The van der Waals surface area contributed by atoms with Crippen LogP contribution in [-0.2, 0) is 10.2 Å². The minimum absolute atomic E-state index is 0.0600. The SMILES string of the molecule is CC(C)(CNC(=O)CCC#N)c1ccc(Br)s1. The van der Waals surface area contributed by atoms with Crippen molar-refractivity contribution in [2.24, 2.45) is 0 Å². The summed E-state index contributed by atoms with van der Waals surface area (Å²) in [4.78, 5) is 12.6. The predicted octanol–water partition coefficient (Wildman–Crippen LogP) is 3.21. The molecule has 0 aliphatic carbocycles. The average molecular weight is 315 g/mol. The highest BCUT2D eigenvalue weighted by Crippen LogP contribution is 2.32. The van der Waals surface area contributed by atoms with Crippen LogP contribution >= 0.6 is 27.3 Å². The Hall–Kier alpha value is -0.860. The maximum atomic E-state index is 11.4. The van der Waals surface area contributed by atoms with Crippen LogP contribution in [-0.4, -0.2) is 12.5 Å². The molecule has 0 fully saturated rings. The summed E-state index contributed by atoms with van der Waals surface area (Å²) >= 11 is 5.11. The van der Waals surface area contributed by atoms with E-state index in [-0.39, 0.29) is 24.2 Å². The third kappa shape index (κ3) is 4.49. The predicted molar refractivity (Wildman–Crippen MR) is 72.9 cm³/mol. The smallest absolute Gasteiger partial charge is 0.221 e. The van der Waals surface area contributed by atoms with Crippen molar-refractivity contribution in [3.63, 3.8) is 0 Å². The average Bonchev–Trinajstić information content (AvgIpc) is 2.71. The van der Waals surface area contributed by atoms with Crippen LogP contribution in [0.5, 0.6) is 0 Å². The van der Waals surface area contributed by atoms with Gasteiger partial charge in [-0.2, -0.15) is 5.26 Å². The first kappa shape index (κ1) is 14.2. The topological polar surface area (TPSA) is 52.9 Å². The third-order valence-electron chi connectivity index (χ3n) is 2.43. The van der Waals surface area contributed by atoms with Crippen molar-refractivity contribution in [1.82, 2.24) is 5.32 Å². The van der Waals surface area contributed by atoms with E-state index in [9.17, 15) is 4.79 Å². The highest BCUT2D eigenvalue weighted by atomic mass is 79.9. The first-order valence-corrected chi connectivity index (χ1v) is 6.96. The third-order valence-corrected chi connectivity index (χ3v) is 4.42. The largest absolute Gasteiger partial charge is 0.355 e. The van der Waals surface area contributed by atoms with Crippen molar-refractivity contribution in [2.45, 2.75) is 32.1 Å². The fraction of sp³-hybridized carbons (Fsp3) is 0.500. The normalized spacial score (nSPS) is 10.9. The van der Waals surface area contributed by atoms with Crippen LogP contribution in [0.4, 0.5) is 0 Å². The van der Waals surface area contributed by atoms with Crippen LogP contribution in [0.3, 0.4) is 0 Å². The zero-order chi connectivity index (χ0) is 12.9. The molecule has 1 amide bonds. The molecule has 0 aliphatic heterocycles. The van der Waals surface area contributed by atoms with E-state index in [0.717, 1.165) is 3.79 Å². The Labute approximate surface area is 114 Å². The summed E-state index contributed by atoms with van der Waals surface area (Å²) in [5.74, 6) is -0.0600. The number of nitrogens with zero attached hydrogens (tertiary/aromatic N) is 1. The molecule has 0 bridgehead atoms. The molecule has 0 spiro atoms. The van der Waals surface area contributed by atoms with Gasteiger partial charge in [-0.25, -0.2) is 0 Å². The summed E-state index contributed by atoms with van der Waals surface area (Å²) in [6, 6.07) is 6.04. The maximum absolute atomic E-state index is 11.4. The summed E-state index contributed by atoms with van der Waals surface area (Å²) < 4.78 is 1.09. The lowest BCUT2D eigenvalue weighted by Gasteiger charge is -2.23. The molecule has 0 atom stereocenters. The molecule has 1 aromatic rings. The molecule has 1 heterocycles. The maximum Gasteiger partial charge on any atom is 0.221 e. The number of amides is 1. The van der Waals surface area contributed by atoms with E-state index in [4.69, 9.17) is 5.26 Å². The van der Waals surface area contributed by atoms with Crippen LogP contribution in [0.2, 0.25) is 0 Å². The number of hydrogen-bond donors (Lipinski definition) is 1. The van der Waals surface area contributed by atoms with Crippen LogP contribution < -0.4 is 5.32 Å². The minimum Gasteiger partial charge on any atom is -0.355 e. The lowest BCUT2D eigenvalue weighted by atomic mass is 9.91. The lowest BCUT2D eigenvalue weighted by Crippen LogP contribution is -2.36. The van der Waals surface area contributed by atoms with Crippen LogP contribution in [0.25, 0.3) is 0 Å². The first-order valence-electron chi connectivity index (χ1n) is 5.35. The van der Waals surface area contributed by atoms with Crippen molar-refractivity contribution >= 4 is 33.2 Å². The Morgan fingerprint density at radius 2 is 2.29 bits per heavy atom. The Bertz CT molecular complexity index is 434. The standard InChI is InChI=1S/C12H15BrN2OS/c1-12(2,9-5-6-10(13)17-9)8-15-11(16)4-3-7-14/h5-6H,3-4,8H2,1-2H3,(H,15,16). The van der Waals surface area contributed by atoms with Crippen LogP contribution in [0, 0.1) is 11.3 Å². The second kappa shape index (κ2) is 6.18. The van der Waals surface area contributed by atoms with E-state index in [1.54, 1.807) is 11.3 Å². The summed E-state index contributed by atoms with van der Waals surface area (Å²) in [5, 5.41) is 11.3. The van der Waals surface area contributed by atoms with Gasteiger partial charge in [0.2, 0.25) is 5.91 Å².